The van der Waals surface area contributed by atoms with Gasteiger partial charge in [0.05, 0.1) is 17.4 Å². The summed E-state index contributed by atoms with van der Waals surface area (Å²) in [6, 6.07) is 7.35. The van der Waals surface area contributed by atoms with Crippen molar-refractivity contribution in [1.82, 2.24) is 10.2 Å². The van der Waals surface area contributed by atoms with Crippen LogP contribution in [0.1, 0.15) is 54.1 Å². The Hall–Kier alpha value is -2.75. The first-order valence-corrected chi connectivity index (χ1v) is 12.0. The molecule has 6 nitrogen and oxygen atoms in total. The molecule has 34 heavy (non-hydrogen) atoms. The lowest BCUT2D eigenvalue weighted by molar-refractivity contribution is -0.138. The zero-order valence-corrected chi connectivity index (χ0v) is 19.5. The zero-order valence-electron chi connectivity index (χ0n) is 18.7. The van der Waals surface area contributed by atoms with Crippen molar-refractivity contribution in [3.05, 3.63) is 59.5 Å². The van der Waals surface area contributed by atoms with E-state index in [-0.39, 0.29) is 36.4 Å². The molecule has 2 aliphatic rings. The van der Waals surface area contributed by atoms with Gasteiger partial charge < -0.3 is 14.6 Å². The number of nitrogens with zero attached hydrogens (tertiary/aromatic N) is 2. The van der Waals surface area contributed by atoms with Crippen LogP contribution >= 0.6 is 11.8 Å². The highest BCUT2D eigenvalue weighted by Gasteiger charge is 2.41. The smallest absolute Gasteiger partial charge is 0.416 e. The van der Waals surface area contributed by atoms with Crippen LogP contribution in [0.15, 0.2) is 52.3 Å². The molecule has 0 radical (unpaired) electrons. The molecule has 182 valence electrons. The number of alkyl halides is 3. The van der Waals surface area contributed by atoms with Gasteiger partial charge in [0.15, 0.2) is 5.17 Å². The van der Waals surface area contributed by atoms with Gasteiger partial charge in [-0.2, -0.15) is 18.2 Å². The molecule has 1 aromatic carbocycles. The van der Waals surface area contributed by atoms with Crippen molar-refractivity contribution in [2.45, 2.75) is 56.0 Å². The average molecular weight is 494 g/mol. The summed E-state index contributed by atoms with van der Waals surface area (Å²) in [7, 11) is 0. The third-order valence-electron chi connectivity index (χ3n) is 6.04. The van der Waals surface area contributed by atoms with Crippen molar-refractivity contribution < 1.29 is 27.2 Å². The molecule has 1 aromatic heterocycles. The van der Waals surface area contributed by atoms with Gasteiger partial charge in [-0.3, -0.25) is 9.59 Å². The highest BCUT2D eigenvalue weighted by molar-refractivity contribution is 8.16. The van der Waals surface area contributed by atoms with Crippen LogP contribution in [0, 0.1) is 0 Å². The third kappa shape index (κ3) is 5.65. The number of benzene rings is 1. The molecule has 4 rings (SSSR count). The predicted molar refractivity (Wildman–Crippen MR) is 124 cm³/mol. The number of rotatable bonds is 9. The van der Waals surface area contributed by atoms with Crippen molar-refractivity contribution in [3.8, 4) is 0 Å². The minimum Gasteiger partial charge on any atom is -0.472 e. The highest BCUT2D eigenvalue weighted by atomic mass is 32.2. The van der Waals surface area contributed by atoms with Crippen molar-refractivity contribution in [2.24, 2.45) is 4.99 Å². The van der Waals surface area contributed by atoms with Crippen LogP contribution in [0.25, 0.3) is 0 Å². The number of amides is 2. The van der Waals surface area contributed by atoms with Crippen molar-refractivity contribution in [3.63, 3.8) is 0 Å². The molecule has 0 unspecified atom stereocenters. The van der Waals surface area contributed by atoms with E-state index in [1.807, 2.05) is 11.8 Å². The molecule has 10 heteroatoms. The van der Waals surface area contributed by atoms with Crippen LogP contribution in [0.3, 0.4) is 0 Å². The Kier molecular flexibility index (Phi) is 7.06. The van der Waals surface area contributed by atoms with Crippen molar-refractivity contribution in [2.75, 3.05) is 13.1 Å². The summed E-state index contributed by atoms with van der Waals surface area (Å²) in [5.74, 6) is -0.334. The van der Waals surface area contributed by atoms with Gasteiger partial charge in [-0.15, -0.1) is 0 Å². The Morgan fingerprint density at radius 3 is 2.74 bits per heavy atom. The molecule has 1 atom stereocenters. The van der Waals surface area contributed by atoms with E-state index in [1.54, 1.807) is 12.1 Å². The molecular weight excluding hydrogens is 467 g/mol. The second-order valence-corrected chi connectivity index (χ2v) is 10.2. The molecule has 1 saturated carbocycles. The molecule has 1 aliphatic heterocycles. The maximum absolute atomic E-state index is 13.2. The fraction of sp³-hybridized carbons (Fsp3) is 0.458. The lowest BCUT2D eigenvalue weighted by Gasteiger charge is -2.25. The van der Waals surface area contributed by atoms with E-state index in [0.29, 0.717) is 30.1 Å². The van der Waals surface area contributed by atoms with Gasteiger partial charge in [0, 0.05) is 19.1 Å². The molecule has 2 aromatic rings. The number of halogens is 3. The Bertz CT molecular complexity index is 1070. The van der Waals surface area contributed by atoms with Crippen LogP contribution in [0.2, 0.25) is 0 Å². The first-order chi connectivity index (χ1) is 16.2. The van der Waals surface area contributed by atoms with E-state index in [4.69, 9.17) is 4.42 Å². The standard InChI is InChI=1S/C24H26F3N3O3S/c1-23(11-4-13-30(18-7-8-18)20(31)17-10-14-33-15-17)21(32)29-22(34-23)28-12-9-16-5-2-3-6-19(16)24(25,26)27/h2-3,5-6,10,14-15,18H,4,7-9,11-13H2,1H3,(H,28,29,32)/t23-/m0/s1. The number of aliphatic imine (C=N–C) groups is 1. The summed E-state index contributed by atoms with van der Waals surface area (Å²) in [5.41, 5.74) is 0.0675. The van der Waals surface area contributed by atoms with Gasteiger partial charge in [0.25, 0.3) is 11.8 Å². The van der Waals surface area contributed by atoms with Crippen LogP contribution < -0.4 is 5.32 Å². The maximum atomic E-state index is 13.2. The number of furan rings is 1. The second kappa shape index (κ2) is 9.85. The SMILES string of the molecule is C[C@@]1(CCCN(C(=O)c2ccoc2)C2CC2)SC(NCCc2ccccc2C(F)(F)F)=NC1=O. The Balaban J connectivity index is 1.27. The monoisotopic (exact) mass is 493 g/mol. The minimum atomic E-state index is -4.40. The van der Waals surface area contributed by atoms with Gasteiger partial charge in [-0.05, 0) is 56.7 Å². The van der Waals surface area contributed by atoms with Crippen LogP contribution in [0.5, 0.6) is 0 Å². The van der Waals surface area contributed by atoms with E-state index < -0.39 is 16.5 Å². The van der Waals surface area contributed by atoms with Gasteiger partial charge in [0.1, 0.15) is 11.0 Å². The molecule has 0 spiro atoms. The number of thioether (sulfide) groups is 1. The van der Waals surface area contributed by atoms with E-state index >= 15 is 0 Å². The lowest BCUT2D eigenvalue weighted by Crippen LogP contribution is -2.35. The van der Waals surface area contributed by atoms with E-state index in [0.717, 1.165) is 18.9 Å². The fourth-order valence-corrected chi connectivity index (χ4v) is 5.13. The van der Waals surface area contributed by atoms with Gasteiger partial charge >= 0.3 is 6.18 Å². The van der Waals surface area contributed by atoms with E-state index in [2.05, 4.69) is 10.3 Å². The predicted octanol–water partition coefficient (Wildman–Crippen LogP) is 4.90. The summed E-state index contributed by atoms with van der Waals surface area (Å²) in [6.45, 7) is 2.59. The normalized spacial score (nSPS) is 20.4. The molecule has 1 fully saturated rings. The van der Waals surface area contributed by atoms with Crippen LogP contribution in [-0.2, 0) is 17.4 Å². The number of hydrogen-bond donors (Lipinski definition) is 1. The Morgan fingerprint density at radius 2 is 2.06 bits per heavy atom. The molecule has 0 bridgehead atoms. The highest BCUT2D eigenvalue weighted by Crippen LogP contribution is 2.38. The average Bonchev–Trinajstić information content (AvgIpc) is 3.38. The fourth-order valence-electron chi connectivity index (χ4n) is 4.02. The largest absolute Gasteiger partial charge is 0.472 e. The summed E-state index contributed by atoms with van der Waals surface area (Å²) < 4.78 is 43.8. The quantitative estimate of drug-likeness (QED) is 0.538. The van der Waals surface area contributed by atoms with Crippen molar-refractivity contribution >= 4 is 28.7 Å². The summed E-state index contributed by atoms with van der Waals surface area (Å²) in [4.78, 5) is 31.2. The zero-order chi connectivity index (χ0) is 24.3. The first kappa shape index (κ1) is 24.4. The number of amidine groups is 1. The van der Waals surface area contributed by atoms with Gasteiger partial charge in [0.2, 0.25) is 0 Å². The Labute approximate surface area is 200 Å². The molecule has 1 aliphatic carbocycles. The summed E-state index contributed by atoms with van der Waals surface area (Å²) >= 11 is 1.30. The third-order valence-corrected chi connectivity index (χ3v) is 7.30. The summed E-state index contributed by atoms with van der Waals surface area (Å²) in [5, 5.41) is 3.43. The molecule has 0 saturated heterocycles. The number of nitrogens with one attached hydrogen (secondary N) is 1. The summed E-state index contributed by atoms with van der Waals surface area (Å²) in [6.07, 6.45) is 1.78. The number of hydrogen-bond acceptors (Lipinski definition) is 5. The van der Waals surface area contributed by atoms with Crippen LogP contribution in [0.4, 0.5) is 13.2 Å². The van der Waals surface area contributed by atoms with Crippen molar-refractivity contribution in [1.29, 1.82) is 0 Å². The lowest BCUT2D eigenvalue weighted by atomic mass is 10.0. The molecule has 1 N–H and O–H groups in total. The number of carbonyl (C=O) groups excluding carboxylic acids is 2. The first-order valence-electron chi connectivity index (χ1n) is 11.2. The van der Waals surface area contributed by atoms with E-state index in [9.17, 15) is 22.8 Å². The Morgan fingerprint density at radius 1 is 1.29 bits per heavy atom. The molecule has 2 heterocycles. The van der Waals surface area contributed by atoms with Gasteiger partial charge in [-0.1, -0.05) is 30.0 Å². The van der Waals surface area contributed by atoms with Gasteiger partial charge in [-0.25, -0.2) is 0 Å². The number of carbonyl (C=O) groups is 2. The minimum absolute atomic E-state index is 0.0652. The van der Waals surface area contributed by atoms with E-state index in [1.165, 1.54) is 36.4 Å². The molecule has 2 amide bonds. The maximum Gasteiger partial charge on any atom is 0.416 e. The molecular formula is C24H26F3N3O3S. The van der Waals surface area contributed by atoms with Crippen LogP contribution in [-0.4, -0.2) is 45.8 Å². The second-order valence-electron chi connectivity index (χ2n) is 8.73. The topological polar surface area (TPSA) is 74.9 Å².